The number of methoxy groups -OCH3 is 1. The van der Waals surface area contributed by atoms with Gasteiger partial charge in [-0.3, -0.25) is 14.5 Å². The molecule has 0 aliphatic heterocycles. The molecule has 4 rings (SSSR count). The Balaban J connectivity index is 1.59. The number of anilines is 2. The summed E-state index contributed by atoms with van der Waals surface area (Å²) >= 11 is 0. The molecule has 2 aromatic carbocycles. The number of aryl methyl sites for hydroxylation is 1. The van der Waals surface area contributed by atoms with Crippen molar-refractivity contribution < 1.29 is 28.2 Å². The van der Waals surface area contributed by atoms with Gasteiger partial charge in [-0.15, -0.1) is 0 Å². The number of nitrogens with zero attached hydrogens (tertiary/aromatic N) is 5. The summed E-state index contributed by atoms with van der Waals surface area (Å²) < 4.78 is 25.9. The molecule has 2 aromatic heterocycles. The van der Waals surface area contributed by atoms with Crippen LogP contribution in [0.1, 0.15) is 48.1 Å². The number of amidine groups is 1. The number of imidazole rings is 1. The highest BCUT2D eigenvalue weighted by Crippen LogP contribution is 2.26. The molecule has 2 amide bonds. The molecule has 1 unspecified atom stereocenters. The number of esters is 1. The van der Waals surface area contributed by atoms with Gasteiger partial charge in [-0.2, -0.15) is 4.99 Å². The summed E-state index contributed by atoms with van der Waals surface area (Å²) in [6.07, 6.45) is 0.668. The van der Waals surface area contributed by atoms with Crippen LogP contribution in [0.5, 0.6) is 0 Å². The fourth-order valence-electron chi connectivity index (χ4n) is 4.47. The Kier molecular flexibility index (Phi) is 9.65. The van der Waals surface area contributed by atoms with Crippen molar-refractivity contribution in [3.63, 3.8) is 0 Å². The maximum Gasteiger partial charge on any atom is 0.435 e. The van der Waals surface area contributed by atoms with Gasteiger partial charge >= 0.3 is 12.1 Å². The Morgan fingerprint density at radius 3 is 2.65 bits per heavy atom. The van der Waals surface area contributed by atoms with Gasteiger partial charge in [-0.1, -0.05) is 6.07 Å². The van der Waals surface area contributed by atoms with E-state index in [1.54, 1.807) is 49.5 Å². The zero-order chi connectivity index (χ0) is 31.1. The largest absolute Gasteiger partial charge is 0.469 e. The second kappa shape index (κ2) is 13.6. The highest BCUT2D eigenvalue weighted by Gasteiger charge is 2.22. The lowest BCUT2D eigenvalue weighted by Gasteiger charge is -2.21. The van der Waals surface area contributed by atoms with E-state index in [1.807, 2.05) is 18.5 Å². The highest BCUT2D eigenvalue weighted by molar-refractivity contribution is 6.07. The van der Waals surface area contributed by atoms with Crippen molar-refractivity contribution in [2.24, 2.45) is 17.8 Å². The third-order valence-corrected chi connectivity index (χ3v) is 6.59. The molecule has 12 nitrogen and oxygen atoms in total. The van der Waals surface area contributed by atoms with Gasteiger partial charge in [-0.05, 0) is 62.4 Å². The number of carbonyl (C=O) groups excluding carboxylic acids is 3. The Bertz CT molecular complexity index is 1670. The molecule has 0 saturated heterocycles. The van der Waals surface area contributed by atoms with Crippen LogP contribution < -0.4 is 16.0 Å². The Hall–Kier alpha value is -5.33. The summed E-state index contributed by atoms with van der Waals surface area (Å²) in [5.41, 5.74) is 8.05. The SMILES string of the molecule is CCOC(=O)/N=C(\N)c1cc(NC(C)c2nc3cc(C(=O)N(CCC(=O)OC)c4ccccn4)ccc3n2C)ccc1F. The molecule has 4 aromatic rings. The van der Waals surface area contributed by atoms with Gasteiger partial charge in [-0.25, -0.2) is 19.2 Å². The molecular weight excluding hydrogens is 557 g/mol. The predicted molar refractivity (Wildman–Crippen MR) is 159 cm³/mol. The van der Waals surface area contributed by atoms with Gasteiger partial charge in [0.05, 0.1) is 42.8 Å². The minimum absolute atomic E-state index is 0.00338. The minimum Gasteiger partial charge on any atom is -0.469 e. The van der Waals surface area contributed by atoms with Crippen molar-refractivity contribution >= 4 is 46.3 Å². The first kappa shape index (κ1) is 30.6. The van der Waals surface area contributed by atoms with Crippen LogP contribution in [0.15, 0.2) is 65.8 Å². The summed E-state index contributed by atoms with van der Waals surface area (Å²) in [6.45, 7) is 3.70. The highest BCUT2D eigenvalue weighted by atomic mass is 19.1. The van der Waals surface area contributed by atoms with E-state index in [0.717, 1.165) is 5.52 Å². The van der Waals surface area contributed by atoms with Crippen LogP contribution >= 0.6 is 0 Å². The number of ether oxygens (including phenoxy) is 2. The second-order valence-corrected chi connectivity index (χ2v) is 9.46. The number of fused-ring (bicyclic) bond motifs is 1. The number of hydrogen-bond acceptors (Lipinski definition) is 8. The number of benzene rings is 2. The van der Waals surface area contributed by atoms with Crippen LogP contribution in [0.4, 0.5) is 20.7 Å². The number of carbonyl (C=O) groups is 3. The minimum atomic E-state index is -0.907. The van der Waals surface area contributed by atoms with Gasteiger partial charge in [0.15, 0.2) is 0 Å². The number of halogens is 1. The van der Waals surface area contributed by atoms with Crippen LogP contribution in [0.3, 0.4) is 0 Å². The number of hydrogen-bond donors (Lipinski definition) is 2. The number of aromatic nitrogens is 3. The normalized spacial score (nSPS) is 12.1. The molecule has 0 aliphatic rings. The average molecular weight is 590 g/mol. The molecular formula is C30H32FN7O5. The van der Waals surface area contributed by atoms with Crippen molar-refractivity contribution in [1.29, 1.82) is 0 Å². The second-order valence-electron chi connectivity index (χ2n) is 9.46. The Labute approximate surface area is 247 Å². The molecule has 3 N–H and O–H groups in total. The van der Waals surface area contributed by atoms with E-state index in [0.29, 0.717) is 28.4 Å². The van der Waals surface area contributed by atoms with E-state index >= 15 is 0 Å². The average Bonchev–Trinajstić information content (AvgIpc) is 3.34. The molecule has 1 atom stereocenters. The Morgan fingerprint density at radius 1 is 1.16 bits per heavy atom. The fraction of sp³-hybridized carbons (Fsp3) is 0.267. The molecule has 0 spiro atoms. The molecule has 2 heterocycles. The molecule has 43 heavy (non-hydrogen) atoms. The lowest BCUT2D eigenvalue weighted by molar-refractivity contribution is -0.140. The number of nitrogens with two attached hydrogens (primary N) is 1. The number of nitrogens with one attached hydrogen (secondary N) is 1. The molecule has 13 heteroatoms. The standard InChI is InChI=1S/C30H32FN7O5/c1-5-43-30(41)36-27(32)21-17-20(10-11-22(21)31)34-18(2)28-35-23-16-19(9-12-24(23)37(28)3)29(40)38(15-13-26(39)42-4)25-8-6-7-14-33-25/h6-12,14,16-18,34H,5,13,15H2,1-4H3,(H2,32,36,41). The molecule has 0 saturated carbocycles. The summed E-state index contributed by atoms with van der Waals surface area (Å²) in [5, 5.41) is 3.27. The van der Waals surface area contributed by atoms with Gasteiger partial charge < -0.3 is 25.1 Å². The van der Waals surface area contributed by atoms with Gasteiger partial charge in [0.2, 0.25) is 0 Å². The van der Waals surface area contributed by atoms with Crippen LogP contribution in [0.25, 0.3) is 11.0 Å². The lowest BCUT2D eigenvalue weighted by Crippen LogP contribution is -2.33. The smallest absolute Gasteiger partial charge is 0.435 e. The molecule has 0 aliphatic carbocycles. The molecule has 0 fully saturated rings. The zero-order valence-corrected chi connectivity index (χ0v) is 24.2. The fourth-order valence-corrected chi connectivity index (χ4v) is 4.47. The molecule has 0 radical (unpaired) electrons. The van der Waals surface area contributed by atoms with Gasteiger partial charge in [0.1, 0.15) is 23.3 Å². The van der Waals surface area contributed by atoms with Crippen LogP contribution in [-0.4, -0.2) is 58.6 Å². The van der Waals surface area contributed by atoms with Crippen LogP contribution in [-0.2, 0) is 21.3 Å². The number of rotatable bonds is 10. The zero-order valence-electron chi connectivity index (χ0n) is 24.2. The number of amides is 2. The van der Waals surface area contributed by atoms with Gasteiger partial charge in [0, 0.05) is 31.0 Å². The van der Waals surface area contributed by atoms with Crippen molar-refractivity contribution in [3.05, 3.63) is 83.6 Å². The predicted octanol–water partition coefficient (Wildman–Crippen LogP) is 4.35. The maximum absolute atomic E-state index is 14.5. The summed E-state index contributed by atoms with van der Waals surface area (Å²) in [4.78, 5) is 51.1. The number of aliphatic imine (C=N–C) groups is 1. The van der Waals surface area contributed by atoms with E-state index < -0.39 is 17.9 Å². The van der Waals surface area contributed by atoms with Crippen molar-refractivity contribution in [3.8, 4) is 0 Å². The van der Waals surface area contributed by atoms with Crippen molar-refractivity contribution in [1.82, 2.24) is 14.5 Å². The van der Waals surface area contributed by atoms with E-state index in [4.69, 9.17) is 20.2 Å². The lowest BCUT2D eigenvalue weighted by atomic mass is 10.1. The maximum atomic E-state index is 14.5. The van der Waals surface area contributed by atoms with Gasteiger partial charge in [0.25, 0.3) is 5.91 Å². The van der Waals surface area contributed by atoms with E-state index in [1.165, 1.54) is 30.2 Å². The van der Waals surface area contributed by atoms with E-state index in [2.05, 4.69) is 15.3 Å². The summed E-state index contributed by atoms with van der Waals surface area (Å²) in [7, 11) is 3.14. The third kappa shape index (κ3) is 7.12. The summed E-state index contributed by atoms with van der Waals surface area (Å²) in [6, 6.07) is 14.2. The van der Waals surface area contributed by atoms with Crippen LogP contribution in [0, 0.1) is 5.82 Å². The van der Waals surface area contributed by atoms with E-state index in [-0.39, 0.29) is 42.9 Å². The van der Waals surface area contributed by atoms with E-state index in [9.17, 15) is 18.8 Å². The van der Waals surface area contributed by atoms with Crippen LogP contribution in [0.2, 0.25) is 0 Å². The molecule has 0 bridgehead atoms. The first-order valence-electron chi connectivity index (χ1n) is 13.5. The number of pyridine rings is 1. The topological polar surface area (TPSA) is 154 Å². The third-order valence-electron chi connectivity index (χ3n) is 6.59. The van der Waals surface area contributed by atoms with Crippen molar-refractivity contribution in [2.75, 3.05) is 30.5 Å². The van der Waals surface area contributed by atoms with Crippen molar-refractivity contribution in [2.45, 2.75) is 26.3 Å². The summed E-state index contributed by atoms with van der Waals surface area (Å²) in [5.74, 6) is -0.687. The quantitative estimate of drug-likeness (QED) is 0.156. The molecule has 224 valence electrons. The monoisotopic (exact) mass is 589 g/mol. The first-order valence-corrected chi connectivity index (χ1v) is 13.5. The first-order chi connectivity index (χ1) is 20.6. The Morgan fingerprint density at radius 2 is 1.95 bits per heavy atom.